The smallest absolute Gasteiger partial charge is 0.256 e. The van der Waals surface area contributed by atoms with Gasteiger partial charge >= 0.3 is 0 Å². The van der Waals surface area contributed by atoms with Gasteiger partial charge in [0.1, 0.15) is 17.3 Å². The van der Waals surface area contributed by atoms with Gasteiger partial charge in [-0.25, -0.2) is 9.87 Å². The molecule has 2 aromatic carbocycles. The number of amides is 2. The van der Waals surface area contributed by atoms with E-state index in [2.05, 4.69) is 15.2 Å². The van der Waals surface area contributed by atoms with Crippen LogP contribution in [-0.2, 0) is 20.5 Å². The topological polar surface area (TPSA) is 99.2 Å². The molecule has 182 valence electrons. The molecule has 1 aliphatic rings. The van der Waals surface area contributed by atoms with Crippen molar-refractivity contribution in [2.24, 2.45) is 0 Å². The lowest BCUT2D eigenvalue weighted by atomic mass is 10.0. The number of aryl methyl sites for hydroxylation is 1. The number of methoxy groups -OCH3 is 1. The molecule has 1 aliphatic heterocycles. The molecular formula is C25H25N3O6S. The van der Waals surface area contributed by atoms with Crippen molar-refractivity contribution in [2.45, 2.75) is 18.4 Å². The SMILES string of the molecule is COCCN1Cc2c(Oc3ccc(SOOC)cc3)cc(C(=O)Nc3ccc(C)cn3)cc2C1=O. The standard InChI is InChI=1S/C25H25N3O6S/c1-16-4-9-23(26-14-16)27-24(29)17-12-20-21(15-28(25(20)30)10-11-31-2)22(13-17)33-18-5-7-19(8-6-18)35-34-32-3/h4-9,12-14H,10-11,15H2,1-3H3,(H,26,27,29). The molecule has 9 nitrogen and oxygen atoms in total. The average Bonchev–Trinajstić information content (AvgIpc) is 3.19. The lowest BCUT2D eigenvalue weighted by Crippen LogP contribution is -2.27. The van der Waals surface area contributed by atoms with E-state index < -0.39 is 0 Å². The van der Waals surface area contributed by atoms with Gasteiger partial charge in [-0.15, -0.1) is 0 Å². The number of nitrogens with zero attached hydrogens (tertiary/aromatic N) is 2. The first-order chi connectivity index (χ1) is 17.0. The summed E-state index contributed by atoms with van der Waals surface area (Å²) < 4.78 is 16.2. The molecule has 1 N–H and O–H groups in total. The van der Waals surface area contributed by atoms with E-state index in [9.17, 15) is 9.59 Å². The van der Waals surface area contributed by atoms with Crippen LogP contribution in [0.1, 0.15) is 31.8 Å². The zero-order valence-corrected chi connectivity index (χ0v) is 20.4. The summed E-state index contributed by atoms with van der Waals surface area (Å²) in [6.45, 7) is 3.12. The average molecular weight is 496 g/mol. The van der Waals surface area contributed by atoms with Crippen molar-refractivity contribution in [3.63, 3.8) is 0 Å². The first kappa shape index (κ1) is 24.7. The van der Waals surface area contributed by atoms with Crippen LogP contribution in [0.4, 0.5) is 5.82 Å². The minimum atomic E-state index is -0.388. The van der Waals surface area contributed by atoms with Crippen molar-refractivity contribution < 1.29 is 28.3 Å². The summed E-state index contributed by atoms with van der Waals surface area (Å²) in [5, 5.41) is 2.78. The first-order valence-electron chi connectivity index (χ1n) is 10.8. The van der Waals surface area contributed by atoms with Gasteiger partial charge in [-0.3, -0.25) is 9.59 Å². The Hall–Kier alpha value is -3.44. The highest BCUT2D eigenvalue weighted by Crippen LogP contribution is 2.36. The van der Waals surface area contributed by atoms with Gasteiger partial charge in [-0.2, -0.15) is 4.33 Å². The number of nitrogens with one attached hydrogen (secondary N) is 1. The maximum Gasteiger partial charge on any atom is 0.256 e. The number of hydrogen-bond acceptors (Lipinski definition) is 8. The van der Waals surface area contributed by atoms with E-state index in [1.54, 1.807) is 48.5 Å². The van der Waals surface area contributed by atoms with Gasteiger partial charge in [0.05, 0.1) is 32.3 Å². The first-order valence-corrected chi connectivity index (χ1v) is 11.6. The Bertz CT molecular complexity index is 1200. The third kappa shape index (κ3) is 5.98. The van der Waals surface area contributed by atoms with E-state index in [1.807, 2.05) is 25.1 Å². The molecule has 0 unspecified atom stereocenters. The lowest BCUT2D eigenvalue weighted by molar-refractivity contribution is -0.160. The molecule has 0 spiro atoms. The van der Waals surface area contributed by atoms with Crippen molar-refractivity contribution in [1.82, 2.24) is 9.88 Å². The van der Waals surface area contributed by atoms with Crippen molar-refractivity contribution in [3.05, 3.63) is 77.0 Å². The number of carbonyl (C=O) groups is 2. The van der Waals surface area contributed by atoms with E-state index in [0.717, 1.165) is 28.1 Å². The van der Waals surface area contributed by atoms with E-state index in [-0.39, 0.29) is 11.8 Å². The predicted molar refractivity (Wildman–Crippen MR) is 130 cm³/mol. The van der Waals surface area contributed by atoms with Crippen LogP contribution in [0, 0.1) is 6.92 Å². The molecule has 2 heterocycles. The van der Waals surface area contributed by atoms with Gasteiger partial charge in [0.25, 0.3) is 11.8 Å². The number of benzene rings is 2. The summed E-state index contributed by atoms with van der Waals surface area (Å²) in [5.74, 6) is 0.845. The number of ether oxygens (including phenoxy) is 2. The molecule has 0 saturated heterocycles. The third-order valence-corrected chi connectivity index (χ3v) is 5.97. The number of rotatable bonds is 10. The van der Waals surface area contributed by atoms with Gasteiger partial charge in [-0.05, 0) is 55.0 Å². The van der Waals surface area contributed by atoms with Crippen molar-refractivity contribution >= 4 is 29.7 Å². The zero-order chi connectivity index (χ0) is 24.8. The van der Waals surface area contributed by atoms with E-state index >= 15 is 0 Å². The number of pyridine rings is 1. The van der Waals surface area contributed by atoms with Crippen LogP contribution in [0.15, 0.2) is 59.6 Å². The Balaban J connectivity index is 1.63. The third-order valence-electron chi connectivity index (χ3n) is 5.31. The molecule has 3 aromatic rings. The Morgan fingerprint density at radius 1 is 1.14 bits per heavy atom. The molecule has 4 rings (SSSR count). The number of aromatic nitrogens is 1. The number of fused-ring (bicyclic) bond motifs is 1. The number of hydrogen-bond donors (Lipinski definition) is 1. The zero-order valence-electron chi connectivity index (χ0n) is 19.6. The normalized spacial score (nSPS) is 12.5. The lowest BCUT2D eigenvalue weighted by Gasteiger charge is -2.15. The number of carbonyl (C=O) groups excluding carboxylic acids is 2. The van der Waals surface area contributed by atoms with Crippen LogP contribution in [0.25, 0.3) is 0 Å². The second-order valence-corrected chi connectivity index (χ2v) is 8.56. The maximum atomic E-state index is 13.1. The highest BCUT2D eigenvalue weighted by atomic mass is 32.2. The molecule has 1 aromatic heterocycles. The summed E-state index contributed by atoms with van der Waals surface area (Å²) >= 11 is 1.07. The van der Waals surface area contributed by atoms with E-state index in [0.29, 0.717) is 48.1 Å². The fourth-order valence-corrected chi connectivity index (χ4v) is 3.92. The van der Waals surface area contributed by atoms with Crippen LogP contribution >= 0.6 is 12.0 Å². The summed E-state index contributed by atoms with van der Waals surface area (Å²) in [6, 6.07) is 14.0. The fourth-order valence-electron chi connectivity index (χ4n) is 3.53. The van der Waals surface area contributed by atoms with Gasteiger partial charge in [0, 0.05) is 41.4 Å². The Labute approximate surface area is 207 Å². The van der Waals surface area contributed by atoms with Crippen molar-refractivity contribution in [3.8, 4) is 11.5 Å². The molecule has 35 heavy (non-hydrogen) atoms. The maximum absolute atomic E-state index is 13.1. The molecule has 0 bridgehead atoms. The molecule has 0 saturated carbocycles. The van der Waals surface area contributed by atoms with Gasteiger partial charge in [-0.1, -0.05) is 6.07 Å². The van der Waals surface area contributed by atoms with Crippen LogP contribution in [0.2, 0.25) is 0 Å². The minimum Gasteiger partial charge on any atom is -0.457 e. The molecule has 0 radical (unpaired) electrons. The van der Waals surface area contributed by atoms with E-state index in [4.69, 9.17) is 13.8 Å². The molecule has 0 atom stereocenters. The molecule has 2 amide bonds. The highest BCUT2D eigenvalue weighted by Gasteiger charge is 2.31. The van der Waals surface area contributed by atoms with Gasteiger partial charge < -0.3 is 19.7 Å². The summed E-state index contributed by atoms with van der Waals surface area (Å²) in [4.78, 5) is 37.4. The highest BCUT2D eigenvalue weighted by molar-refractivity contribution is 7.94. The Kier molecular flexibility index (Phi) is 7.98. The molecule has 10 heteroatoms. The summed E-state index contributed by atoms with van der Waals surface area (Å²) in [7, 11) is 3.02. The van der Waals surface area contributed by atoms with Gasteiger partial charge in [0.2, 0.25) is 0 Å². The van der Waals surface area contributed by atoms with Crippen LogP contribution in [0.5, 0.6) is 11.5 Å². The fraction of sp³-hybridized carbons (Fsp3) is 0.240. The van der Waals surface area contributed by atoms with Crippen molar-refractivity contribution in [2.75, 3.05) is 32.7 Å². The summed E-state index contributed by atoms with van der Waals surface area (Å²) in [5.41, 5.74) is 2.43. The minimum absolute atomic E-state index is 0.173. The predicted octanol–water partition coefficient (Wildman–Crippen LogP) is 4.62. The largest absolute Gasteiger partial charge is 0.457 e. The molecular weight excluding hydrogens is 470 g/mol. The monoisotopic (exact) mass is 495 g/mol. The number of anilines is 1. The second-order valence-electron chi connectivity index (χ2n) is 7.79. The summed E-state index contributed by atoms with van der Waals surface area (Å²) in [6.07, 6.45) is 1.67. The van der Waals surface area contributed by atoms with Crippen LogP contribution in [0.3, 0.4) is 0 Å². The molecule has 0 aliphatic carbocycles. The van der Waals surface area contributed by atoms with Gasteiger partial charge in [0.15, 0.2) is 0 Å². The van der Waals surface area contributed by atoms with Crippen LogP contribution < -0.4 is 10.1 Å². The Morgan fingerprint density at radius 3 is 2.63 bits per heavy atom. The molecule has 0 fully saturated rings. The second kappa shape index (κ2) is 11.3. The van der Waals surface area contributed by atoms with Crippen LogP contribution in [-0.4, -0.2) is 49.1 Å². The van der Waals surface area contributed by atoms with Crippen molar-refractivity contribution in [1.29, 1.82) is 0 Å². The van der Waals surface area contributed by atoms with E-state index in [1.165, 1.54) is 7.11 Å². The Morgan fingerprint density at radius 2 is 1.94 bits per heavy atom. The quantitative estimate of drug-likeness (QED) is 0.247.